The number of nitrogens with one attached hydrogen (secondary N) is 2. The normalized spacial score (nSPS) is 13.2. The Morgan fingerprint density at radius 3 is 2.26 bits per heavy atom. The van der Waals surface area contributed by atoms with Crippen molar-refractivity contribution in [3.8, 4) is 0 Å². The highest BCUT2D eigenvalue weighted by molar-refractivity contribution is 5.74. The summed E-state index contributed by atoms with van der Waals surface area (Å²) in [5, 5.41) is 12.9. The van der Waals surface area contributed by atoms with E-state index in [2.05, 4.69) is 10.6 Å². The molecule has 5 nitrogen and oxygen atoms in total. The molecular formula is C11H19F3N2O3. The molecule has 0 aromatic carbocycles. The predicted molar refractivity (Wildman–Crippen MR) is 62.7 cm³/mol. The van der Waals surface area contributed by atoms with Gasteiger partial charge in [-0.05, 0) is 12.3 Å². The Balaban J connectivity index is 4.07. The molecule has 0 aliphatic carbocycles. The first-order valence-electron chi connectivity index (χ1n) is 5.94. The average Bonchev–Trinajstić information content (AvgIpc) is 2.21. The third kappa shape index (κ3) is 10.2. The lowest BCUT2D eigenvalue weighted by molar-refractivity contribution is -0.141. The van der Waals surface area contributed by atoms with E-state index in [-0.39, 0.29) is 25.3 Å². The van der Waals surface area contributed by atoms with Crippen LogP contribution in [0.25, 0.3) is 0 Å². The molecule has 0 aromatic rings. The fourth-order valence-electron chi connectivity index (χ4n) is 1.36. The van der Waals surface area contributed by atoms with E-state index < -0.39 is 30.6 Å². The zero-order chi connectivity index (χ0) is 15.1. The zero-order valence-corrected chi connectivity index (χ0v) is 10.9. The molecule has 0 aliphatic rings. The zero-order valence-electron chi connectivity index (χ0n) is 10.9. The van der Waals surface area contributed by atoms with E-state index >= 15 is 0 Å². The molecule has 0 saturated carbocycles. The van der Waals surface area contributed by atoms with Crippen molar-refractivity contribution in [1.82, 2.24) is 10.6 Å². The number of carbonyl (C=O) groups is 2. The Hall–Kier alpha value is -1.47. The predicted octanol–water partition coefficient (Wildman–Crippen LogP) is 2.13. The monoisotopic (exact) mass is 284 g/mol. The van der Waals surface area contributed by atoms with Crippen LogP contribution in [0, 0.1) is 5.92 Å². The quantitative estimate of drug-likeness (QED) is 0.627. The summed E-state index contributed by atoms with van der Waals surface area (Å²) in [5.74, 6) is -1.34. The number of carbonyl (C=O) groups excluding carboxylic acids is 1. The molecule has 0 heterocycles. The molecule has 0 rings (SSSR count). The van der Waals surface area contributed by atoms with Gasteiger partial charge in [-0.15, -0.1) is 0 Å². The minimum atomic E-state index is -4.34. The van der Waals surface area contributed by atoms with Crippen molar-refractivity contribution < 1.29 is 27.9 Å². The Morgan fingerprint density at radius 2 is 1.84 bits per heavy atom. The molecule has 8 heteroatoms. The summed E-state index contributed by atoms with van der Waals surface area (Å²) in [5.41, 5.74) is 0. The van der Waals surface area contributed by atoms with Crippen molar-refractivity contribution in [3.05, 3.63) is 0 Å². The van der Waals surface area contributed by atoms with Crippen molar-refractivity contribution >= 4 is 12.0 Å². The van der Waals surface area contributed by atoms with E-state index in [1.165, 1.54) is 0 Å². The van der Waals surface area contributed by atoms with Crippen LogP contribution < -0.4 is 10.6 Å². The van der Waals surface area contributed by atoms with Crippen LogP contribution in [0.1, 0.15) is 33.1 Å². The van der Waals surface area contributed by atoms with Crippen molar-refractivity contribution in [1.29, 1.82) is 0 Å². The molecule has 0 aliphatic heterocycles. The molecule has 112 valence electrons. The number of hydrogen-bond donors (Lipinski definition) is 3. The first-order valence-corrected chi connectivity index (χ1v) is 5.94. The molecule has 2 amide bonds. The van der Waals surface area contributed by atoms with E-state index in [1.807, 2.05) is 0 Å². The third-order valence-electron chi connectivity index (χ3n) is 2.43. The first kappa shape index (κ1) is 17.5. The Morgan fingerprint density at radius 1 is 1.26 bits per heavy atom. The number of halogens is 3. The number of rotatable bonds is 7. The highest BCUT2D eigenvalue weighted by Crippen LogP contribution is 2.24. The topological polar surface area (TPSA) is 78.4 Å². The van der Waals surface area contributed by atoms with Gasteiger partial charge in [-0.1, -0.05) is 13.8 Å². The summed E-state index contributed by atoms with van der Waals surface area (Å²) in [6.07, 6.45) is -5.30. The molecule has 1 unspecified atom stereocenters. The van der Waals surface area contributed by atoms with E-state index in [1.54, 1.807) is 13.8 Å². The van der Waals surface area contributed by atoms with Gasteiger partial charge in [-0.2, -0.15) is 13.2 Å². The number of aliphatic carboxylic acids is 1. The van der Waals surface area contributed by atoms with Crippen LogP contribution in [0.15, 0.2) is 0 Å². The van der Waals surface area contributed by atoms with Crippen LogP contribution in [-0.4, -0.2) is 35.9 Å². The number of alkyl halides is 3. The van der Waals surface area contributed by atoms with Gasteiger partial charge in [-0.3, -0.25) is 4.79 Å². The maximum atomic E-state index is 12.3. The fourth-order valence-corrected chi connectivity index (χ4v) is 1.36. The van der Waals surface area contributed by atoms with Crippen molar-refractivity contribution in [2.24, 2.45) is 5.92 Å². The molecule has 0 aromatic heterocycles. The van der Waals surface area contributed by atoms with Crippen LogP contribution in [0.3, 0.4) is 0 Å². The molecule has 3 N–H and O–H groups in total. The number of amides is 2. The first-order chi connectivity index (χ1) is 8.61. The maximum Gasteiger partial charge on any atom is 0.391 e. The second-order valence-electron chi connectivity index (χ2n) is 4.57. The van der Waals surface area contributed by atoms with Gasteiger partial charge in [0, 0.05) is 19.0 Å². The molecular weight excluding hydrogens is 265 g/mol. The summed E-state index contributed by atoms with van der Waals surface area (Å²) < 4.78 is 36.8. The van der Waals surface area contributed by atoms with Crippen LogP contribution >= 0.6 is 0 Å². The van der Waals surface area contributed by atoms with Crippen molar-refractivity contribution in [2.75, 3.05) is 6.54 Å². The van der Waals surface area contributed by atoms with Gasteiger partial charge in [-0.25, -0.2) is 4.79 Å². The number of urea groups is 1. The number of carboxylic acids is 1. The molecule has 19 heavy (non-hydrogen) atoms. The maximum absolute atomic E-state index is 12.3. The molecule has 0 spiro atoms. The summed E-state index contributed by atoms with van der Waals surface area (Å²) in [7, 11) is 0. The number of carboxylic acid groups (broad SMARTS) is 1. The van der Waals surface area contributed by atoms with Crippen molar-refractivity contribution in [3.63, 3.8) is 0 Å². The summed E-state index contributed by atoms with van der Waals surface area (Å²) in [6.45, 7) is 3.27. The van der Waals surface area contributed by atoms with Gasteiger partial charge in [0.25, 0.3) is 0 Å². The lowest BCUT2D eigenvalue weighted by atomic mass is 10.0. The second-order valence-corrected chi connectivity index (χ2v) is 4.57. The van der Waals surface area contributed by atoms with E-state index in [4.69, 9.17) is 5.11 Å². The highest BCUT2D eigenvalue weighted by atomic mass is 19.4. The highest BCUT2D eigenvalue weighted by Gasteiger charge is 2.33. The van der Waals surface area contributed by atoms with Gasteiger partial charge < -0.3 is 15.7 Å². The van der Waals surface area contributed by atoms with Gasteiger partial charge >= 0.3 is 18.2 Å². The molecule has 1 atom stereocenters. The third-order valence-corrected chi connectivity index (χ3v) is 2.43. The number of hydrogen-bond acceptors (Lipinski definition) is 2. The summed E-state index contributed by atoms with van der Waals surface area (Å²) in [4.78, 5) is 21.6. The van der Waals surface area contributed by atoms with Crippen molar-refractivity contribution in [2.45, 2.75) is 45.3 Å². The Bertz CT molecular complexity index is 306. The van der Waals surface area contributed by atoms with E-state index in [9.17, 15) is 22.8 Å². The second kappa shape index (κ2) is 7.85. The standard InChI is InChI=1S/C11H19F3N2O3/c1-7(2)8(6-11(12,13)14)16-10(19)15-5-3-4-9(17)18/h7-8H,3-6H2,1-2H3,(H,17,18)(H2,15,16,19). The Kier molecular flexibility index (Phi) is 7.25. The largest absolute Gasteiger partial charge is 0.481 e. The SMILES string of the molecule is CC(C)C(CC(F)(F)F)NC(=O)NCCCC(=O)O. The van der Waals surface area contributed by atoms with Gasteiger partial charge in [0.15, 0.2) is 0 Å². The smallest absolute Gasteiger partial charge is 0.391 e. The van der Waals surface area contributed by atoms with Crippen LogP contribution in [-0.2, 0) is 4.79 Å². The van der Waals surface area contributed by atoms with Crippen LogP contribution in [0.5, 0.6) is 0 Å². The molecule has 0 saturated heterocycles. The van der Waals surface area contributed by atoms with E-state index in [0.29, 0.717) is 0 Å². The molecule has 0 radical (unpaired) electrons. The lowest BCUT2D eigenvalue weighted by Gasteiger charge is -2.23. The molecule has 0 fully saturated rings. The van der Waals surface area contributed by atoms with Crippen LogP contribution in [0.4, 0.5) is 18.0 Å². The minimum absolute atomic E-state index is 0.101. The summed E-state index contributed by atoms with van der Waals surface area (Å²) >= 11 is 0. The van der Waals surface area contributed by atoms with Crippen LogP contribution in [0.2, 0.25) is 0 Å². The van der Waals surface area contributed by atoms with Gasteiger partial charge in [0.2, 0.25) is 0 Å². The lowest BCUT2D eigenvalue weighted by Crippen LogP contribution is -2.46. The Labute approximate surface area is 109 Å². The van der Waals surface area contributed by atoms with E-state index in [0.717, 1.165) is 0 Å². The fraction of sp³-hybridized carbons (Fsp3) is 0.818. The average molecular weight is 284 g/mol. The molecule has 0 bridgehead atoms. The van der Waals surface area contributed by atoms with Gasteiger partial charge in [0.1, 0.15) is 0 Å². The van der Waals surface area contributed by atoms with Gasteiger partial charge in [0.05, 0.1) is 6.42 Å². The summed E-state index contributed by atoms with van der Waals surface area (Å²) in [6, 6.07) is -1.71. The minimum Gasteiger partial charge on any atom is -0.481 e.